The molecule has 0 saturated heterocycles. The minimum atomic E-state index is -0.0879. The third-order valence-electron chi connectivity index (χ3n) is 3.24. The molecule has 0 aliphatic heterocycles. The van der Waals surface area contributed by atoms with E-state index in [9.17, 15) is 4.79 Å². The summed E-state index contributed by atoms with van der Waals surface area (Å²) in [7, 11) is 1.60. The van der Waals surface area contributed by atoms with E-state index in [0.717, 1.165) is 4.47 Å². The summed E-state index contributed by atoms with van der Waals surface area (Å²) in [6.45, 7) is 7.94. The number of hydrogen-bond acceptors (Lipinski definition) is 3. The summed E-state index contributed by atoms with van der Waals surface area (Å²) in [5.74, 6) is 0.726. The number of hydrogen-bond donors (Lipinski definition) is 1. The Kier molecular flexibility index (Phi) is 6.02. The van der Waals surface area contributed by atoms with Crippen molar-refractivity contribution in [3.8, 4) is 5.75 Å². The van der Waals surface area contributed by atoms with E-state index in [-0.39, 0.29) is 11.3 Å². The van der Waals surface area contributed by atoms with E-state index in [1.807, 2.05) is 11.8 Å². The highest BCUT2D eigenvalue weighted by atomic mass is 79.9. The summed E-state index contributed by atoms with van der Waals surface area (Å²) >= 11 is 3.41. The van der Waals surface area contributed by atoms with Gasteiger partial charge in [0.15, 0.2) is 0 Å². The second kappa shape index (κ2) is 7.09. The maximum absolute atomic E-state index is 12.5. The van der Waals surface area contributed by atoms with Gasteiger partial charge in [0.25, 0.3) is 5.91 Å². The summed E-state index contributed by atoms with van der Waals surface area (Å²) in [4.78, 5) is 14.4. The van der Waals surface area contributed by atoms with Gasteiger partial charge >= 0.3 is 0 Å². The summed E-state index contributed by atoms with van der Waals surface area (Å²) in [5, 5.41) is 0. The van der Waals surface area contributed by atoms with Gasteiger partial charge in [0.2, 0.25) is 0 Å². The normalized spacial score (nSPS) is 11.3. The SMILES string of the molecule is CCN(CC(C)(C)CN)C(=O)c1ccc(OC)c(Br)c1. The number of carbonyl (C=O) groups is 1. The Bertz CT molecular complexity index is 475. The fourth-order valence-electron chi connectivity index (χ4n) is 1.89. The maximum atomic E-state index is 12.5. The van der Waals surface area contributed by atoms with Crippen LogP contribution in [0.4, 0.5) is 0 Å². The Balaban J connectivity index is 2.94. The lowest BCUT2D eigenvalue weighted by Crippen LogP contribution is -2.41. The van der Waals surface area contributed by atoms with Crippen LogP contribution in [-0.2, 0) is 0 Å². The van der Waals surface area contributed by atoms with Crippen molar-refractivity contribution in [3.05, 3.63) is 28.2 Å². The first-order valence-corrected chi connectivity index (χ1v) is 7.47. The van der Waals surface area contributed by atoms with E-state index in [2.05, 4.69) is 29.8 Å². The molecule has 0 saturated carbocycles. The standard InChI is InChI=1S/C15H23BrN2O2/c1-5-18(10-15(2,3)9-17)14(19)11-6-7-13(20-4)12(16)8-11/h6-8H,5,9-10,17H2,1-4H3. The number of amides is 1. The molecule has 1 aromatic carbocycles. The predicted octanol–water partition coefficient (Wildman–Crippen LogP) is 2.90. The molecule has 5 heteroatoms. The smallest absolute Gasteiger partial charge is 0.253 e. The lowest BCUT2D eigenvalue weighted by molar-refractivity contribution is 0.0700. The summed E-state index contributed by atoms with van der Waals surface area (Å²) in [6.07, 6.45) is 0. The second-order valence-electron chi connectivity index (χ2n) is 5.54. The molecule has 2 N–H and O–H groups in total. The lowest BCUT2D eigenvalue weighted by atomic mass is 9.93. The molecule has 0 heterocycles. The number of carbonyl (C=O) groups excluding carboxylic acids is 1. The van der Waals surface area contributed by atoms with Gasteiger partial charge in [-0.05, 0) is 53.0 Å². The molecular weight excluding hydrogens is 320 g/mol. The Hall–Kier alpha value is -1.07. The molecule has 1 rings (SSSR count). The summed E-state index contributed by atoms with van der Waals surface area (Å²) in [5.41, 5.74) is 6.31. The van der Waals surface area contributed by atoms with Crippen molar-refractivity contribution >= 4 is 21.8 Å². The van der Waals surface area contributed by atoms with Gasteiger partial charge in [-0.1, -0.05) is 13.8 Å². The second-order valence-corrected chi connectivity index (χ2v) is 6.39. The number of ether oxygens (including phenoxy) is 1. The van der Waals surface area contributed by atoms with Gasteiger partial charge in [-0.3, -0.25) is 4.79 Å². The zero-order valence-corrected chi connectivity index (χ0v) is 14.2. The Morgan fingerprint density at radius 2 is 2.10 bits per heavy atom. The molecule has 0 aliphatic rings. The van der Waals surface area contributed by atoms with Crippen LogP contribution in [0.1, 0.15) is 31.1 Å². The number of nitrogens with zero attached hydrogens (tertiary/aromatic N) is 1. The Labute approximate surface area is 129 Å². The van der Waals surface area contributed by atoms with Crippen LogP contribution in [0.25, 0.3) is 0 Å². The van der Waals surface area contributed by atoms with Gasteiger partial charge < -0.3 is 15.4 Å². The summed E-state index contributed by atoms with van der Waals surface area (Å²) in [6, 6.07) is 5.36. The fourth-order valence-corrected chi connectivity index (χ4v) is 2.43. The van der Waals surface area contributed by atoms with Crippen molar-refractivity contribution in [1.82, 2.24) is 4.90 Å². The largest absolute Gasteiger partial charge is 0.496 e. The van der Waals surface area contributed by atoms with E-state index in [1.165, 1.54) is 0 Å². The number of rotatable bonds is 6. The quantitative estimate of drug-likeness (QED) is 0.864. The maximum Gasteiger partial charge on any atom is 0.253 e. The molecule has 112 valence electrons. The van der Waals surface area contributed by atoms with Crippen molar-refractivity contribution in [2.75, 3.05) is 26.7 Å². The first-order valence-electron chi connectivity index (χ1n) is 6.67. The van der Waals surface area contributed by atoms with E-state index in [0.29, 0.717) is 30.9 Å². The number of nitrogens with two attached hydrogens (primary N) is 1. The van der Waals surface area contributed by atoms with Crippen LogP contribution in [0.5, 0.6) is 5.75 Å². The fraction of sp³-hybridized carbons (Fsp3) is 0.533. The molecule has 0 aliphatic carbocycles. The highest BCUT2D eigenvalue weighted by Crippen LogP contribution is 2.26. The minimum Gasteiger partial charge on any atom is -0.496 e. The monoisotopic (exact) mass is 342 g/mol. The highest BCUT2D eigenvalue weighted by Gasteiger charge is 2.23. The van der Waals surface area contributed by atoms with Gasteiger partial charge in [0.05, 0.1) is 11.6 Å². The van der Waals surface area contributed by atoms with Crippen LogP contribution in [0.15, 0.2) is 22.7 Å². The van der Waals surface area contributed by atoms with Gasteiger partial charge in [-0.15, -0.1) is 0 Å². The van der Waals surface area contributed by atoms with E-state index in [4.69, 9.17) is 10.5 Å². The number of halogens is 1. The zero-order valence-electron chi connectivity index (χ0n) is 12.6. The molecular formula is C15H23BrN2O2. The minimum absolute atomic E-state index is 0.0115. The number of methoxy groups -OCH3 is 1. The van der Waals surface area contributed by atoms with Crippen LogP contribution < -0.4 is 10.5 Å². The van der Waals surface area contributed by atoms with Crippen LogP contribution in [0.3, 0.4) is 0 Å². The van der Waals surface area contributed by atoms with Gasteiger partial charge in [0, 0.05) is 18.7 Å². The topological polar surface area (TPSA) is 55.6 Å². The van der Waals surface area contributed by atoms with Crippen molar-refractivity contribution in [2.24, 2.45) is 11.1 Å². The van der Waals surface area contributed by atoms with Crippen molar-refractivity contribution in [3.63, 3.8) is 0 Å². The molecule has 4 nitrogen and oxygen atoms in total. The van der Waals surface area contributed by atoms with Gasteiger partial charge in [-0.25, -0.2) is 0 Å². The third kappa shape index (κ3) is 4.21. The summed E-state index contributed by atoms with van der Waals surface area (Å²) < 4.78 is 5.95. The van der Waals surface area contributed by atoms with Crippen molar-refractivity contribution in [1.29, 1.82) is 0 Å². The van der Waals surface area contributed by atoms with Crippen LogP contribution in [0, 0.1) is 5.41 Å². The van der Waals surface area contributed by atoms with Crippen molar-refractivity contribution < 1.29 is 9.53 Å². The molecule has 1 aromatic rings. The third-order valence-corrected chi connectivity index (χ3v) is 3.86. The van der Waals surface area contributed by atoms with Crippen molar-refractivity contribution in [2.45, 2.75) is 20.8 Å². The highest BCUT2D eigenvalue weighted by molar-refractivity contribution is 9.10. The van der Waals surface area contributed by atoms with Gasteiger partial charge in [0.1, 0.15) is 5.75 Å². The number of benzene rings is 1. The predicted molar refractivity (Wildman–Crippen MR) is 85.1 cm³/mol. The first kappa shape index (κ1) is 17.0. The van der Waals surface area contributed by atoms with Crippen LogP contribution in [-0.4, -0.2) is 37.6 Å². The van der Waals surface area contributed by atoms with E-state index in [1.54, 1.807) is 25.3 Å². The molecule has 1 amide bonds. The molecule has 0 unspecified atom stereocenters. The van der Waals surface area contributed by atoms with Crippen LogP contribution >= 0.6 is 15.9 Å². The van der Waals surface area contributed by atoms with Gasteiger partial charge in [-0.2, -0.15) is 0 Å². The lowest BCUT2D eigenvalue weighted by Gasteiger charge is -2.31. The molecule has 20 heavy (non-hydrogen) atoms. The molecule has 0 aromatic heterocycles. The Morgan fingerprint density at radius 3 is 2.55 bits per heavy atom. The average molecular weight is 343 g/mol. The molecule has 0 spiro atoms. The van der Waals surface area contributed by atoms with E-state index >= 15 is 0 Å². The Morgan fingerprint density at radius 1 is 1.45 bits per heavy atom. The van der Waals surface area contributed by atoms with Crippen LogP contribution in [0.2, 0.25) is 0 Å². The average Bonchev–Trinajstić information content (AvgIpc) is 2.44. The molecule has 0 atom stereocenters. The zero-order chi connectivity index (χ0) is 15.3. The first-order chi connectivity index (χ1) is 9.34. The molecule has 0 radical (unpaired) electrons. The molecule has 0 bridgehead atoms. The molecule has 0 fully saturated rings. The van der Waals surface area contributed by atoms with E-state index < -0.39 is 0 Å².